The van der Waals surface area contributed by atoms with Crippen LogP contribution in [0.2, 0.25) is 0 Å². The molecule has 0 nitrogen and oxygen atoms in total. The number of hydrogen-bond donors (Lipinski definition) is 0. The molecule has 0 aromatic heterocycles. The fourth-order valence-corrected chi connectivity index (χ4v) is 0.345. The average Bonchev–Trinajstić information content (AvgIpc) is 1.41. The van der Waals surface area contributed by atoms with Gasteiger partial charge in [-0.05, 0) is 4.08 Å². The van der Waals surface area contributed by atoms with Gasteiger partial charge in [-0.2, -0.15) is 0 Å². The van der Waals surface area contributed by atoms with Crippen molar-refractivity contribution in [3.63, 3.8) is 0 Å². The summed E-state index contributed by atoms with van der Waals surface area (Å²) in [6.07, 6.45) is 3.62. The third kappa shape index (κ3) is 4.21. The lowest BCUT2D eigenvalue weighted by Gasteiger charge is -1.54. The molecule has 0 rings (SSSR count). The van der Waals surface area contributed by atoms with E-state index >= 15 is 0 Å². The van der Waals surface area contributed by atoms with E-state index < -0.39 is 0 Å². The zero-order valence-corrected chi connectivity index (χ0v) is 4.97. The maximum absolute atomic E-state index is 3.46. The van der Waals surface area contributed by atoms with Crippen LogP contribution in [0.4, 0.5) is 0 Å². The van der Waals surface area contributed by atoms with Gasteiger partial charge in [0.25, 0.3) is 0 Å². The molecule has 0 saturated heterocycles. The molecule has 0 amide bonds. The predicted octanol–water partition coefficient (Wildman–Crippen LogP) is 2.12. The summed E-state index contributed by atoms with van der Waals surface area (Å²) in [7, 11) is 0. The zero-order chi connectivity index (χ0) is 4.12. The summed E-state index contributed by atoms with van der Waals surface area (Å²) in [6, 6.07) is 0. The minimum Gasteiger partial charge on any atom is -0.0991 e. The molecular weight excluding hydrogens is 175 g/mol. The molecule has 0 saturated carbocycles. The average molecular weight is 180 g/mol. The summed E-state index contributed by atoms with van der Waals surface area (Å²) < 4.78 is 1.91. The van der Waals surface area contributed by atoms with Crippen molar-refractivity contribution in [2.45, 2.75) is 0 Å². The zero-order valence-electron chi connectivity index (χ0n) is 2.82. The quantitative estimate of drug-likeness (QED) is 0.428. The minimum atomic E-state index is 1.74. The van der Waals surface area contributed by atoms with E-state index in [-0.39, 0.29) is 0 Å². The molecule has 0 aliphatic heterocycles. The van der Waals surface area contributed by atoms with Gasteiger partial charge in [0.1, 0.15) is 0 Å². The molecule has 0 bridgehead atoms. The van der Waals surface area contributed by atoms with Crippen molar-refractivity contribution in [1.29, 1.82) is 0 Å². The van der Waals surface area contributed by atoms with Crippen LogP contribution in [0.15, 0.2) is 22.8 Å². The van der Waals surface area contributed by atoms with Crippen molar-refractivity contribution < 1.29 is 0 Å². The highest BCUT2D eigenvalue weighted by atomic mass is 127. The first-order valence-corrected chi connectivity index (χ1v) is 2.54. The Kier molecular flexibility index (Phi) is 4.39. The van der Waals surface area contributed by atoms with Gasteiger partial charge < -0.3 is 0 Å². The Morgan fingerprint density at radius 3 is 2.20 bits per heavy atom. The Balaban J connectivity index is 2.92. The molecule has 1 heteroatoms. The van der Waals surface area contributed by atoms with Gasteiger partial charge in [-0.1, -0.05) is 41.3 Å². The van der Waals surface area contributed by atoms with Crippen molar-refractivity contribution >= 4 is 22.6 Å². The summed E-state index contributed by atoms with van der Waals surface area (Å²) in [4.78, 5) is 0. The van der Waals surface area contributed by atoms with Gasteiger partial charge in [0.05, 0.1) is 0 Å². The molecule has 0 heterocycles. The van der Waals surface area contributed by atoms with Crippen LogP contribution < -0.4 is 0 Å². The SMILES string of the molecule is C=CC=CI. The third-order valence-electron chi connectivity index (χ3n) is 0.209. The largest absolute Gasteiger partial charge is 0.0991 e. The van der Waals surface area contributed by atoms with E-state index in [2.05, 4.69) is 29.2 Å². The summed E-state index contributed by atoms with van der Waals surface area (Å²) in [5, 5.41) is 0. The molecule has 5 heavy (non-hydrogen) atoms. The predicted molar refractivity (Wildman–Crippen MR) is 33.4 cm³/mol. The van der Waals surface area contributed by atoms with Crippen molar-refractivity contribution in [2.75, 3.05) is 0 Å². The van der Waals surface area contributed by atoms with E-state index in [0.29, 0.717) is 0 Å². The van der Waals surface area contributed by atoms with E-state index in [1.165, 1.54) is 0 Å². The second kappa shape index (κ2) is 4.21. The normalized spacial score (nSPS) is 9.00. The summed E-state index contributed by atoms with van der Waals surface area (Å²) in [5.41, 5.74) is 0. The van der Waals surface area contributed by atoms with Crippen LogP contribution >= 0.6 is 22.6 Å². The summed E-state index contributed by atoms with van der Waals surface area (Å²) in [5.74, 6) is 0. The molecule has 28 valence electrons. The van der Waals surface area contributed by atoms with Crippen LogP contribution in [0.3, 0.4) is 0 Å². The highest BCUT2D eigenvalue weighted by Gasteiger charge is 1.43. The molecule has 0 N–H and O–H groups in total. The van der Waals surface area contributed by atoms with Crippen molar-refractivity contribution in [2.24, 2.45) is 0 Å². The number of allylic oxidation sites excluding steroid dienone is 2. The third-order valence-corrected chi connectivity index (χ3v) is 0.624. The Bertz CT molecular complexity index is 45.6. The first kappa shape index (κ1) is 5.21. The maximum atomic E-state index is 3.46. The van der Waals surface area contributed by atoms with Crippen molar-refractivity contribution in [3.05, 3.63) is 22.8 Å². The molecular formula is C4H5I. The molecule has 0 aromatic carbocycles. The first-order valence-electron chi connectivity index (χ1n) is 1.29. The lowest BCUT2D eigenvalue weighted by atomic mass is 10.6. The summed E-state index contributed by atoms with van der Waals surface area (Å²) >= 11 is 2.14. The fourth-order valence-electron chi connectivity index (χ4n) is 0.0514. The van der Waals surface area contributed by atoms with Crippen molar-refractivity contribution in [1.82, 2.24) is 0 Å². The monoisotopic (exact) mass is 180 g/mol. The van der Waals surface area contributed by atoms with Gasteiger partial charge in [0.15, 0.2) is 0 Å². The van der Waals surface area contributed by atoms with Crippen LogP contribution in [0.25, 0.3) is 0 Å². The fraction of sp³-hybridized carbons (Fsp3) is 0. The molecule has 0 radical (unpaired) electrons. The van der Waals surface area contributed by atoms with Gasteiger partial charge in [-0.3, -0.25) is 0 Å². The van der Waals surface area contributed by atoms with Gasteiger partial charge in [-0.15, -0.1) is 0 Å². The van der Waals surface area contributed by atoms with E-state index in [4.69, 9.17) is 0 Å². The van der Waals surface area contributed by atoms with E-state index in [1.54, 1.807) is 6.08 Å². The van der Waals surface area contributed by atoms with Gasteiger partial charge in [-0.25, -0.2) is 0 Å². The molecule has 0 aliphatic rings. The Hall–Kier alpha value is 0.210. The Labute approximate surface area is 45.7 Å². The van der Waals surface area contributed by atoms with E-state index in [0.717, 1.165) is 0 Å². The topological polar surface area (TPSA) is 0 Å². The molecule has 0 spiro atoms. The van der Waals surface area contributed by atoms with E-state index in [1.807, 2.05) is 10.2 Å². The van der Waals surface area contributed by atoms with Crippen LogP contribution in [-0.2, 0) is 0 Å². The Morgan fingerprint density at radius 2 is 2.20 bits per heavy atom. The van der Waals surface area contributed by atoms with Gasteiger partial charge >= 0.3 is 0 Å². The summed E-state index contributed by atoms with van der Waals surface area (Å²) in [6.45, 7) is 3.46. The van der Waals surface area contributed by atoms with E-state index in [9.17, 15) is 0 Å². The lowest BCUT2D eigenvalue weighted by molar-refractivity contribution is 2.14. The highest BCUT2D eigenvalue weighted by Crippen LogP contribution is 1.80. The molecule has 0 atom stereocenters. The minimum absolute atomic E-state index is 1.74. The van der Waals surface area contributed by atoms with Crippen molar-refractivity contribution in [3.8, 4) is 0 Å². The van der Waals surface area contributed by atoms with Gasteiger partial charge in [0, 0.05) is 0 Å². The Morgan fingerprint density at radius 1 is 1.60 bits per heavy atom. The second-order valence-electron chi connectivity index (χ2n) is 0.554. The smallest absolute Gasteiger partial charge is 0.0234 e. The first-order chi connectivity index (χ1) is 2.41. The number of halogens is 1. The number of hydrogen-bond acceptors (Lipinski definition) is 0. The second-order valence-corrected chi connectivity index (χ2v) is 1.27. The number of rotatable bonds is 1. The molecule has 0 fully saturated rings. The lowest BCUT2D eigenvalue weighted by Crippen LogP contribution is -1.28. The molecule has 0 aliphatic carbocycles. The highest BCUT2D eigenvalue weighted by molar-refractivity contribution is 14.1. The van der Waals surface area contributed by atoms with Crippen LogP contribution in [0, 0.1) is 0 Å². The standard InChI is InChI=1S/C4H5I/c1-2-3-4-5/h2-4H,1H2. The van der Waals surface area contributed by atoms with Gasteiger partial charge in [0.2, 0.25) is 0 Å². The van der Waals surface area contributed by atoms with Crippen LogP contribution in [-0.4, -0.2) is 0 Å². The van der Waals surface area contributed by atoms with Crippen LogP contribution in [0.1, 0.15) is 0 Å². The molecule has 0 unspecified atom stereocenters. The van der Waals surface area contributed by atoms with Crippen LogP contribution in [0.5, 0.6) is 0 Å². The maximum Gasteiger partial charge on any atom is -0.0234 e. The molecule has 0 aromatic rings.